The highest BCUT2D eigenvalue weighted by Crippen LogP contribution is 2.30. The molecule has 0 aliphatic heterocycles. The van der Waals surface area contributed by atoms with Crippen molar-refractivity contribution in [3.63, 3.8) is 0 Å². The Kier molecular flexibility index (Phi) is 3.32. The molecular formula is C17H12N2S. The largest absolute Gasteiger partial charge is 0.236 e. The fourth-order valence-corrected chi connectivity index (χ4v) is 2.98. The molecule has 2 nitrogen and oxygen atoms in total. The molecule has 0 fully saturated rings. The van der Waals surface area contributed by atoms with Crippen LogP contribution in [0.1, 0.15) is 11.1 Å². The molecule has 0 bridgehead atoms. The molecule has 0 unspecified atom stereocenters. The van der Waals surface area contributed by atoms with Crippen molar-refractivity contribution in [1.29, 1.82) is 5.26 Å². The maximum atomic E-state index is 8.82. The Bertz CT molecular complexity index is 779. The van der Waals surface area contributed by atoms with Crippen molar-refractivity contribution in [2.45, 2.75) is 6.92 Å². The molecular weight excluding hydrogens is 264 g/mol. The van der Waals surface area contributed by atoms with E-state index in [1.54, 1.807) is 11.3 Å². The van der Waals surface area contributed by atoms with Gasteiger partial charge in [0.05, 0.1) is 17.3 Å². The maximum absolute atomic E-state index is 8.82. The molecule has 20 heavy (non-hydrogen) atoms. The summed E-state index contributed by atoms with van der Waals surface area (Å²) in [5.74, 6) is 0. The second-order valence-corrected chi connectivity index (χ2v) is 5.40. The van der Waals surface area contributed by atoms with Crippen LogP contribution in [0.25, 0.3) is 21.8 Å². The van der Waals surface area contributed by atoms with Crippen LogP contribution >= 0.6 is 11.3 Å². The Morgan fingerprint density at radius 3 is 2.50 bits per heavy atom. The lowest BCUT2D eigenvalue weighted by atomic mass is 10.1. The monoisotopic (exact) mass is 276 g/mol. The van der Waals surface area contributed by atoms with Gasteiger partial charge in [0, 0.05) is 16.5 Å². The standard InChI is InChI=1S/C17H12N2S/c1-12-4-2-3-5-15(12)17-19-16(11-20-17)14-8-6-13(10-18)7-9-14/h2-9,11H,1H3. The van der Waals surface area contributed by atoms with E-state index in [-0.39, 0.29) is 0 Å². The Labute approximate surface area is 122 Å². The van der Waals surface area contributed by atoms with Gasteiger partial charge in [-0.1, -0.05) is 36.4 Å². The van der Waals surface area contributed by atoms with Crippen molar-refractivity contribution >= 4 is 11.3 Å². The number of benzene rings is 2. The van der Waals surface area contributed by atoms with E-state index >= 15 is 0 Å². The number of hydrogen-bond acceptors (Lipinski definition) is 3. The van der Waals surface area contributed by atoms with Crippen molar-refractivity contribution in [1.82, 2.24) is 4.98 Å². The van der Waals surface area contributed by atoms with Crippen LogP contribution in [-0.4, -0.2) is 4.98 Å². The summed E-state index contributed by atoms with van der Waals surface area (Å²) in [6, 6.07) is 17.9. The van der Waals surface area contributed by atoms with Crippen molar-refractivity contribution in [3.05, 3.63) is 65.0 Å². The molecule has 1 aromatic heterocycles. The fourth-order valence-electron chi connectivity index (χ4n) is 2.06. The minimum absolute atomic E-state index is 0.670. The van der Waals surface area contributed by atoms with Gasteiger partial charge in [-0.3, -0.25) is 0 Å². The zero-order valence-electron chi connectivity index (χ0n) is 11.0. The van der Waals surface area contributed by atoms with Crippen molar-refractivity contribution in [3.8, 4) is 27.9 Å². The van der Waals surface area contributed by atoms with E-state index in [0.717, 1.165) is 16.3 Å². The topological polar surface area (TPSA) is 36.7 Å². The van der Waals surface area contributed by atoms with Gasteiger partial charge in [0.1, 0.15) is 5.01 Å². The van der Waals surface area contributed by atoms with Crippen LogP contribution in [-0.2, 0) is 0 Å². The Morgan fingerprint density at radius 2 is 1.80 bits per heavy atom. The first-order chi connectivity index (χ1) is 9.78. The third-order valence-corrected chi connectivity index (χ3v) is 4.06. The predicted octanol–water partition coefficient (Wildman–Crippen LogP) is 4.66. The van der Waals surface area contributed by atoms with Gasteiger partial charge in [0.2, 0.25) is 0 Å². The highest BCUT2D eigenvalue weighted by atomic mass is 32.1. The summed E-state index contributed by atoms with van der Waals surface area (Å²) in [4.78, 5) is 4.70. The average molecular weight is 276 g/mol. The predicted molar refractivity (Wildman–Crippen MR) is 82.4 cm³/mol. The van der Waals surface area contributed by atoms with E-state index in [2.05, 4.69) is 30.5 Å². The van der Waals surface area contributed by atoms with Crippen LogP contribution < -0.4 is 0 Å². The summed E-state index contributed by atoms with van der Waals surface area (Å²) >= 11 is 1.65. The highest BCUT2D eigenvalue weighted by molar-refractivity contribution is 7.13. The molecule has 2 aromatic carbocycles. The Hall–Kier alpha value is -2.44. The number of rotatable bonds is 2. The van der Waals surface area contributed by atoms with Gasteiger partial charge in [-0.15, -0.1) is 11.3 Å². The maximum Gasteiger partial charge on any atom is 0.124 e. The summed E-state index contributed by atoms with van der Waals surface area (Å²) in [5.41, 5.74) is 5.08. The zero-order chi connectivity index (χ0) is 13.9. The molecule has 96 valence electrons. The number of hydrogen-bond donors (Lipinski definition) is 0. The lowest BCUT2D eigenvalue weighted by molar-refractivity contribution is 1.37. The molecule has 0 aliphatic rings. The van der Waals surface area contributed by atoms with Crippen LogP contribution in [0.15, 0.2) is 53.9 Å². The molecule has 3 rings (SSSR count). The quantitative estimate of drug-likeness (QED) is 0.682. The number of nitriles is 1. The fraction of sp³-hybridized carbons (Fsp3) is 0.0588. The van der Waals surface area contributed by atoms with E-state index in [1.165, 1.54) is 11.1 Å². The number of nitrogens with zero attached hydrogens (tertiary/aromatic N) is 2. The lowest BCUT2D eigenvalue weighted by Gasteiger charge is -2.00. The first-order valence-corrected chi connectivity index (χ1v) is 7.18. The van der Waals surface area contributed by atoms with E-state index in [1.807, 2.05) is 36.4 Å². The summed E-state index contributed by atoms with van der Waals surface area (Å²) in [7, 11) is 0. The van der Waals surface area contributed by atoms with Gasteiger partial charge in [-0.05, 0) is 24.6 Å². The SMILES string of the molecule is Cc1ccccc1-c1nc(-c2ccc(C#N)cc2)cs1. The molecule has 3 heteroatoms. The molecule has 0 atom stereocenters. The molecule has 3 aromatic rings. The van der Waals surface area contributed by atoms with Gasteiger partial charge in [0.15, 0.2) is 0 Å². The molecule has 0 aliphatic carbocycles. The normalized spacial score (nSPS) is 10.2. The summed E-state index contributed by atoms with van der Waals surface area (Å²) in [6.45, 7) is 2.10. The minimum atomic E-state index is 0.670. The van der Waals surface area contributed by atoms with Gasteiger partial charge >= 0.3 is 0 Å². The lowest BCUT2D eigenvalue weighted by Crippen LogP contribution is -1.83. The average Bonchev–Trinajstić information content (AvgIpc) is 2.97. The third-order valence-electron chi connectivity index (χ3n) is 3.19. The van der Waals surface area contributed by atoms with Gasteiger partial charge in [-0.2, -0.15) is 5.26 Å². The molecule has 1 heterocycles. The van der Waals surface area contributed by atoms with Crippen LogP contribution in [0, 0.1) is 18.3 Å². The van der Waals surface area contributed by atoms with Gasteiger partial charge < -0.3 is 0 Å². The molecule has 0 N–H and O–H groups in total. The molecule has 0 spiro atoms. The van der Waals surface area contributed by atoms with Crippen LogP contribution in [0.2, 0.25) is 0 Å². The van der Waals surface area contributed by atoms with Gasteiger partial charge in [0.25, 0.3) is 0 Å². The van der Waals surface area contributed by atoms with E-state index in [4.69, 9.17) is 10.2 Å². The second-order valence-electron chi connectivity index (χ2n) is 4.54. The van der Waals surface area contributed by atoms with Crippen molar-refractivity contribution in [2.75, 3.05) is 0 Å². The zero-order valence-corrected chi connectivity index (χ0v) is 11.8. The summed E-state index contributed by atoms with van der Waals surface area (Å²) < 4.78 is 0. The number of aromatic nitrogens is 1. The highest BCUT2D eigenvalue weighted by Gasteiger charge is 2.08. The van der Waals surface area contributed by atoms with Crippen molar-refractivity contribution < 1.29 is 0 Å². The van der Waals surface area contributed by atoms with Gasteiger partial charge in [-0.25, -0.2) is 4.98 Å². The Balaban J connectivity index is 1.98. The van der Waals surface area contributed by atoms with Crippen LogP contribution in [0.5, 0.6) is 0 Å². The van der Waals surface area contributed by atoms with E-state index in [9.17, 15) is 0 Å². The summed E-state index contributed by atoms with van der Waals surface area (Å²) in [6.07, 6.45) is 0. The second kappa shape index (κ2) is 5.28. The van der Waals surface area contributed by atoms with E-state index < -0.39 is 0 Å². The third kappa shape index (κ3) is 2.34. The molecule has 0 saturated heterocycles. The first kappa shape index (κ1) is 12.6. The smallest absolute Gasteiger partial charge is 0.124 e. The van der Waals surface area contributed by atoms with E-state index in [0.29, 0.717) is 5.56 Å². The summed E-state index contributed by atoms with van der Waals surface area (Å²) in [5, 5.41) is 11.9. The minimum Gasteiger partial charge on any atom is -0.236 e. The number of aryl methyl sites for hydroxylation is 1. The number of thiazole rings is 1. The molecule has 0 radical (unpaired) electrons. The first-order valence-electron chi connectivity index (χ1n) is 6.30. The Morgan fingerprint density at radius 1 is 1.05 bits per heavy atom. The van der Waals surface area contributed by atoms with Crippen LogP contribution in [0.3, 0.4) is 0 Å². The van der Waals surface area contributed by atoms with Crippen LogP contribution in [0.4, 0.5) is 0 Å². The molecule has 0 saturated carbocycles. The van der Waals surface area contributed by atoms with Crippen molar-refractivity contribution in [2.24, 2.45) is 0 Å². The molecule has 0 amide bonds.